The zero-order valence-corrected chi connectivity index (χ0v) is 20.2. The normalized spacial score (nSPS) is 15.2. The van der Waals surface area contributed by atoms with Crippen LogP contribution in [-0.2, 0) is 18.7 Å². The second-order valence-corrected chi connectivity index (χ2v) is 9.68. The van der Waals surface area contributed by atoms with Crippen molar-refractivity contribution < 1.29 is 19.0 Å². The summed E-state index contributed by atoms with van der Waals surface area (Å²) in [5, 5.41) is 10.1. The van der Waals surface area contributed by atoms with Crippen LogP contribution in [-0.4, -0.2) is 20.9 Å². The van der Waals surface area contributed by atoms with Crippen molar-refractivity contribution in [2.75, 3.05) is 0 Å². The molecular weight excluding hydrogens is 443 g/mol. The van der Waals surface area contributed by atoms with Crippen LogP contribution in [0.25, 0.3) is 5.57 Å². The molecule has 6 heteroatoms. The number of amides is 1. The minimum atomic E-state index is -1.18. The zero-order valence-electron chi connectivity index (χ0n) is 20.2. The summed E-state index contributed by atoms with van der Waals surface area (Å²) in [5.74, 6) is -0.800. The van der Waals surface area contributed by atoms with Crippen LogP contribution in [0.4, 0.5) is 4.39 Å². The fraction of sp³-hybridized carbons (Fsp3) is 0.241. The maximum absolute atomic E-state index is 14.7. The number of aliphatic hydroxyl groups is 1. The number of rotatable bonds is 6. The lowest BCUT2D eigenvalue weighted by molar-refractivity contribution is 0.0763. The van der Waals surface area contributed by atoms with Gasteiger partial charge in [-0.1, -0.05) is 36.4 Å². The quantitative estimate of drug-likeness (QED) is 0.471. The largest absolute Gasteiger partial charge is 0.435 e. The molecule has 5 nitrogen and oxygen atoms in total. The van der Waals surface area contributed by atoms with Gasteiger partial charge in [0.15, 0.2) is 11.6 Å². The maximum Gasteiger partial charge on any atom is 0.260 e. The van der Waals surface area contributed by atoms with Crippen molar-refractivity contribution in [1.29, 1.82) is 0 Å². The van der Waals surface area contributed by atoms with Crippen molar-refractivity contribution in [3.63, 3.8) is 0 Å². The van der Waals surface area contributed by atoms with Gasteiger partial charge >= 0.3 is 0 Å². The third-order valence-electron chi connectivity index (χ3n) is 6.70. The summed E-state index contributed by atoms with van der Waals surface area (Å²) in [7, 11) is 0. The summed E-state index contributed by atoms with van der Waals surface area (Å²) in [5.41, 5.74) is 6.47. The highest BCUT2D eigenvalue weighted by molar-refractivity contribution is 6.00. The topological polar surface area (TPSA) is 62.7 Å². The number of allylic oxidation sites excluding steroid dienone is 4. The van der Waals surface area contributed by atoms with E-state index in [0.29, 0.717) is 24.2 Å². The van der Waals surface area contributed by atoms with E-state index in [9.17, 15) is 14.3 Å². The minimum absolute atomic E-state index is 0.0504. The van der Waals surface area contributed by atoms with Gasteiger partial charge in [-0.3, -0.25) is 4.79 Å². The number of carbonyl (C=O) groups excluding carboxylic acids is 1. The monoisotopic (exact) mass is 470 g/mol. The summed E-state index contributed by atoms with van der Waals surface area (Å²) >= 11 is 0. The number of benzene rings is 2. The highest BCUT2D eigenvalue weighted by Gasteiger charge is 2.32. The average molecular weight is 471 g/mol. The number of pyridine rings is 1. The molecule has 0 saturated carbocycles. The van der Waals surface area contributed by atoms with Crippen molar-refractivity contribution in [3.8, 4) is 11.6 Å². The SMILES string of the molecule is CC1=C(C)C(c2ccc(CN3Cc4ccnc(Oc5ccc(C(C)(C)O)cc5F)c4C3=O)cc2)=C1. The molecule has 1 aliphatic carbocycles. The van der Waals surface area contributed by atoms with Gasteiger partial charge in [-0.15, -0.1) is 0 Å². The van der Waals surface area contributed by atoms with E-state index in [0.717, 1.165) is 11.1 Å². The van der Waals surface area contributed by atoms with E-state index in [-0.39, 0.29) is 17.5 Å². The fourth-order valence-corrected chi connectivity index (χ4v) is 4.43. The number of carbonyl (C=O) groups is 1. The number of hydrogen-bond acceptors (Lipinski definition) is 4. The van der Waals surface area contributed by atoms with Crippen molar-refractivity contribution in [2.45, 2.75) is 46.4 Å². The van der Waals surface area contributed by atoms with Gasteiger partial charge in [-0.25, -0.2) is 9.37 Å². The predicted octanol–water partition coefficient (Wildman–Crippen LogP) is 6.13. The first-order valence-corrected chi connectivity index (χ1v) is 11.6. The molecule has 5 rings (SSSR count). The van der Waals surface area contributed by atoms with E-state index in [1.54, 1.807) is 37.1 Å². The molecule has 0 bridgehead atoms. The summed E-state index contributed by atoms with van der Waals surface area (Å²) in [6, 6.07) is 14.3. The molecule has 2 aliphatic rings. The van der Waals surface area contributed by atoms with E-state index in [1.807, 2.05) is 12.1 Å². The Morgan fingerprint density at radius 2 is 1.86 bits per heavy atom. The van der Waals surface area contributed by atoms with E-state index < -0.39 is 11.4 Å². The first-order valence-electron chi connectivity index (χ1n) is 11.6. The van der Waals surface area contributed by atoms with Gasteiger partial charge < -0.3 is 14.7 Å². The molecule has 2 heterocycles. The van der Waals surface area contributed by atoms with Gasteiger partial charge in [0.25, 0.3) is 5.91 Å². The molecule has 1 amide bonds. The van der Waals surface area contributed by atoms with Crippen LogP contribution in [0.5, 0.6) is 11.6 Å². The molecule has 0 spiro atoms. The molecule has 1 N–H and O–H groups in total. The Balaban J connectivity index is 1.33. The number of ether oxygens (including phenoxy) is 1. The Labute approximate surface area is 204 Å². The summed E-state index contributed by atoms with van der Waals surface area (Å²) in [4.78, 5) is 19.2. The van der Waals surface area contributed by atoms with E-state index >= 15 is 0 Å². The van der Waals surface area contributed by atoms with Crippen molar-refractivity contribution in [2.24, 2.45) is 0 Å². The van der Waals surface area contributed by atoms with Gasteiger partial charge in [0, 0.05) is 19.3 Å². The van der Waals surface area contributed by atoms with Crippen LogP contribution in [0.2, 0.25) is 0 Å². The summed E-state index contributed by atoms with van der Waals surface area (Å²) in [6.45, 7) is 8.28. The first-order chi connectivity index (χ1) is 16.6. The van der Waals surface area contributed by atoms with Crippen LogP contribution >= 0.6 is 0 Å². The molecule has 0 fully saturated rings. The van der Waals surface area contributed by atoms with Gasteiger partial charge in [0.1, 0.15) is 5.56 Å². The molecule has 35 heavy (non-hydrogen) atoms. The molecule has 178 valence electrons. The zero-order chi connectivity index (χ0) is 24.9. The predicted molar refractivity (Wildman–Crippen MR) is 132 cm³/mol. The van der Waals surface area contributed by atoms with Gasteiger partial charge in [0.2, 0.25) is 5.88 Å². The summed E-state index contributed by atoms with van der Waals surface area (Å²) in [6.07, 6.45) is 3.74. The minimum Gasteiger partial charge on any atom is -0.435 e. The van der Waals surface area contributed by atoms with Gasteiger partial charge in [0.05, 0.1) is 5.60 Å². The lowest BCUT2D eigenvalue weighted by atomic mass is 9.86. The van der Waals surface area contributed by atoms with Crippen molar-refractivity contribution in [1.82, 2.24) is 9.88 Å². The molecule has 0 unspecified atom stereocenters. The Hall–Kier alpha value is -3.77. The lowest BCUT2D eigenvalue weighted by Gasteiger charge is -2.20. The number of halogens is 1. The number of hydrogen-bond donors (Lipinski definition) is 1. The highest BCUT2D eigenvalue weighted by atomic mass is 19.1. The molecule has 0 saturated heterocycles. The third-order valence-corrected chi connectivity index (χ3v) is 6.70. The Kier molecular flexibility index (Phi) is 5.56. The maximum atomic E-state index is 14.7. The number of fused-ring (bicyclic) bond motifs is 1. The molecule has 1 aliphatic heterocycles. The summed E-state index contributed by atoms with van der Waals surface area (Å²) < 4.78 is 20.4. The number of nitrogens with zero attached hydrogens (tertiary/aromatic N) is 2. The Bertz CT molecular complexity index is 1400. The van der Waals surface area contributed by atoms with E-state index in [2.05, 4.69) is 37.0 Å². The third kappa shape index (κ3) is 4.26. The lowest BCUT2D eigenvalue weighted by Crippen LogP contribution is -2.23. The van der Waals surface area contributed by atoms with Crippen LogP contribution in [0.3, 0.4) is 0 Å². The smallest absolute Gasteiger partial charge is 0.260 e. The van der Waals surface area contributed by atoms with Crippen molar-refractivity contribution >= 4 is 11.5 Å². The standard InChI is InChI=1S/C29H27FN2O3/c1-17-13-23(18(17)2)20-7-5-19(6-8-20)15-32-16-21-11-12-31-27(26(21)28(32)33)35-25-10-9-22(14-24(25)30)29(3,4)34/h5-14,34H,15-16H2,1-4H3. The second kappa shape index (κ2) is 8.47. The fourth-order valence-electron chi connectivity index (χ4n) is 4.43. The average Bonchev–Trinajstić information content (AvgIpc) is 3.14. The van der Waals surface area contributed by atoms with Gasteiger partial charge in [-0.2, -0.15) is 0 Å². The van der Waals surface area contributed by atoms with Crippen LogP contribution < -0.4 is 4.74 Å². The van der Waals surface area contributed by atoms with Gasteiger partial charge in [-0.05, 0) is 84.9 Å². The second-order valence-electron chi connectivity index (χ2n) is 9.68. The molecular formula is C29H27FN2O3. The number of aromatic nitrogens is 1. The molecule has 0 radical (unpaired) electrons. The van der Waals surface area contributed by atoms with E-state index in [4.69, 9.17) is 4.74 Å². The van der Waals surface area contributed by atoms with E-state index in [1.165, 1.54) is 34.4 Å². The van der Waals surface area contributed by atoms with Crippen LogP contribution in [0.1, 0.15) is 60.3 Å². The molecule has 1 aromatic heterocycles. The highest BCUT2D eigenvalue weighted by Crippen LogP contribution is 2.36. The molecule has 0 atom stereocenters. The first kappa shape index (κ1) is 23.0. The Morgan fingerprint density at radius 1 is 1.11 bits per heavy atom. The Morgan fingerprint density at radius 3 is 2.49 bits per heavy atom. The molecule has 2 aromatic carbocycles. The van der Waals surface area contributed by atoms with Crippen LogP contribution in [0, 0.1) is 5.82 Å². The van der Waals surface area contributed by atoms with Crippen LogP contribution in [0.15, 0.2) is 72.0 Å². The molecule has 3 aromatic rings. The van der Waals surface area contributed by atoms with Crippen molar-refractivity contribution in [3.05, 3.63) is 106 Å².